The van der Waals surface area contributed by atoms with Gasteiger partial charge in [0.25, 0.3) is 5.56 Å². The topological polar surface area (TPSA) is 98.0 Å². The molecule has 2 fully saturated rings. The van der Waals surface area contributed by atoms with Crippen LogP contribution in [0.25, 0.3) is 4.96 Å². The second-order valence-corrected chi connectivity index (χ2v) is 7.44. The van der Waals surface area contributed by atoms with Gasteiger partial charge in [0.15, 0.2) is 4.96 Å². The van der Waals surface area contributed by atoms with E-state index >= 15 is 0 Å². The highest BCUT2D eigenvalue weighted by atomic mass is 32.1. The predicted octanol–water partition coefficient (Wildman–Crippen LogP) is 0.974. The van der Waals surface area contributed by atoms with E-state index in [0.717, 1.165) is 17.7 Å². The zero-order valence-electron chi connectivity index (χ0n) is 13.9. The molecule has 26 heavy (non-hydrogen) atoms. The van der Waals surface area contributed by atoms with Gasteiger partial charge in [-0.3, -0.25) is 28.5 Å². The highest BCUT2D eigenvalue weighted by Crippen LogP contribution is 2.37. The lowest BCUT2D eigenvalue weighted by molar-refractivity contribution is -0.153. The molecule has 8 nitrogen and oxygen atoms in total. The van der Waals surface area contributed by atoms with E-state index in [-0.39, 0.29) is 42.4 Å². The van der Waals surface area contributed by atoms with E-state index in [4.69, 9.17) is 4.74 Å². The normalized spacial score (nSPS) is 22.7. The number of ether oxygens (including phenoxy) is 1. The van der Waals surface area contributed by atoms with Crippen LogP contribution in [0.3, 0.4) is 0 Å². The smallest absolute Gasteiger partial charge is 0.326 e. The number of hydrogen-bond donors (Lipinski definition) is 0. The Balaban J connectivity index is 1.40. The molecule has 0 N–H and O–H groups in total. The average Bonchev–Trinajstić information content (AvgIpc) is 3.20. The van der Waals surface area contributed by atoms with Gasteiger partial charge in [-0.05, 0) is 12.8 Å². The molecule has 0 spiro atoms. The van der Waals surface area contributed by atoms with E-state index in [9.17, 15) is 19.2 Å². The van der Waals surface area contributed by atoms with Crippen LogP contribution >= 0.6 is 11.3 Å². The number of carbonyl (C=O) groups is 3. The molecule has 0 unspecified atom stereocenters. The third kappa shape index (κ3) is 2.92. The molecule has 2 atom stereocenters. The Morgan fingerprint density at radius 2 is 1.88 bits per heavy atom. The molecule has 1 aliphatic carbocycles. The van der Waals surface area contributed by atoms with Crippen molar-refractivity contribution in [1.29, 1.82) is 0 Å². The monoisotopic (exact) mass is 375 g/mol. The lowest BCUT2D eigenvalue weighted by Crippen LogP contribution is -2.36. The van der Waals surface area contributed by atoms with Gasteiger partial charge in [-0.15, -0.1) is 11.3 Å². The standard InChI is InChI=1S/C17H17N3O5S/c21-13-7-10(18-17-19(13)5-6-26-17)9-25-14(22)8-20-15(23)11-3-1-2-4-12(11)16(20)24/h5-7,11-12H,1-4,8-9H2/t11-,12-/m0/s1. The number of aromatic nitrogens is 2. The number of carbonyl (C=O) groups excluding carboxylic acids is 3. The van der Waals surface area contributed by atoms with Crippen LogP contribution < -0.4 is 5.56 Å². The van der Waals surface area contributed by atoms with Crippen LogP contribution in [0.5, 0.6) is 0 Å². The second-order valence-electron chi connectivity index (χ2n) is 6.56. The van der Waals surface area contributed by atoms with Crippen molar-refractivity contribution in [1.82, 2.24) is 14.3 Å². The Morgan fingerprint density at radius 1 is 1.19 bits per heavy atom. The molecule has 136 valence electrons. The molecule has 3 heterocycles. The van der Waals surface area contributed by atoms with Crippen LogP contribution in [0.1, 0.15) is 31.4 Å². The van der Waals surface area contributed by atoms with E-state index in [1.54, 1.807) is 11.6 Å². The molecule has 1 saturated heterocycles. The van der Waals surface area contributed by atoms with Crippen molar-refractivity contribution in [2.75, 3.05) is 6.54 Å². The summed E-state index contributed by atoms with van der Waals surface area (Å²) in [6, 6.07) is 1.30. The van der Waals surface area contributed by atoms with Crippen LogP contribution in [-0.2, 0) is 25.7 Å². The number of rotatable bonds is 4. The van der Waals surface area contributed by atoms with Crippen molar-refractivity contribution in [2.45, 2.75) is 32.3 Å². The predicted molar refractivity (Wildman–Crippen MR) is 91.3 cm³/mol. The second kappa shape index (κ2) is 6.64. The van der Waals surface area contributed by atoms with Crippen molar-refractivity contribution in [3.8, 4) is 0 Å². The molecular formula is C17H17N3O5S. The third-order valence-electron chi connectivity index (χ3n) is 4.96. The zero-order chi connectivity index (χ0) is 18.3. The number of likely N-dealkylation sites (tertiary alicyclic amines) is 1. The van der Waals surface area contributed by atoms with Crippen molar-refractivity contribution in [3.63, 3.8) is 0 Å². The molecule has 0 aromatic carbocycles. The highest BCUT2D eigenvalue weighted by Gasteiger charge is 2.48. The average molecular weight is 375 g/mol. The van der Waals surface area contributed by atoms with Gasteiger partial charge in [-0.2, -0.15) is 0 Å². The maximum atomic E-state index is 12.4. The van der Waals surface area contributed by atoms with E-state index in [2.05, 4.69) is 4.98 Å². The summed E-state index contributed by atoms with van der Waals surface area (Å²) in [6.07, 6.45) is 4.90. The summed E-state index contributed by atoms with van der Waals surface area (Å²) in [7, 11) is 0. The minimum atomic E-state index is -0.682. The van der Waals surface area contributed by atoms with Gasteiger partial charge < -0.3 is 4.74 Å². The SMILES string of the molecule is O=C(CN1C(=O)[C@H]2CCCC[C@@H]2C1=O)OCc1cc(=O)n2ccsc2n1. The van der Waals surface area contributed by atoms with Crippen molar-refractivity contribution < 1.29 is 19.1 Å². The van der Waals surface area contributed by atoms with E-state index in [1.165, 1.54) is 21.8 Å². The number of hydrogen-bond acceptors (Lipinski definition) is 7. The molecule has 4 rings (SSSR count). The first-order valence-corrected chi connectivity index (χ1v) is 9.39. The third-order valence-corrected chi connectivity index (χ3v) is 5.71. The van der Waals surface area contributed by atoms with E-state index in [0.29, 0.717) is 23.5 Å². The Kier molecular flexibility index (Phi) is 4.31. The first-order valence-electron chi connectivity index (χ1n) is 8.51. The first-order chi connectivity index (χ1) is 12.5. The lowest BCUT2D eigenvalue weighted by Gasteiger charge is -2.19. The van der Waals surface area contributed by atoms with Crippen LogP contribution in [0.15, 0.2) is 22.4 Å². The zero-order valence-corrected chi connectivity index (χ0v) is 14.7. The van der Waals surface area contributed by atoms with Gasteiger partial charge in [-0.1, -0.05) is 12.8 Å². The van der Waals surface area contributed by atoms with E-state index < -0.39 is 5.97 Å². The summed E-state index contributed by atoms with van der Waals surface area (Å²) in [5.41, 5.74) is 0.0785. The van der Waals surface area contributed by atoms with Crippen molar-refractivity contribution in [3.05, 3.63) is 33.7 Å². The maximum Gasteiger partial charge on any atom is 0.326 e. The molecule has 2 aliphatic rings. The van der Waals surface area contributed by atoms with Gasteiger partial charge >= 0.3 is 5.97 Å². The number of nitrogens with zero attached hydrogens (tertiary/aromatic N) is 3. The van der Waals surface area contributed by atoms with Gasteiger partial charge in [0, 0.05) is 17.6 Å². The molecular weight excluding hydrogens is 358 g/mol. The summed E-state index contributed by atoms with van der Waals surface area (Å²) in [5, 5.41) is 1.74. The minimum absolute atomic E-state index is 0.175. The van der Waals surface area contributed by atoms with Crippen molar-refractivity contribution in [2.24, 2.45) is 11.8 Å². The van der Waals surface area contributed by atoms with Crippen LogP contribution in [0.2, 0.25) is 0 Å². The lowest BCUT2D eigenvalue weighted by atomic mass is 9.81. The van der Waals surface area contributed by atoms with Gasteiger partial charge in [-0.25, -0.2) is 4.98 Å². The van der Waals surface area contributed by atoms with Gasteiger partial charge in [0.1, 0.15) is 13.2 Å². The molecule has 1 saturated carbocycles. The molecule has 2 amide bonds. The fourth-order valence-corrected chi connectivity index (χ4v) is 4.42. The fraction of sp³-hybridized carbons (Fsp3) is 0.471. The number of fused-ring (bicyclic) bond motifs is 2. The van der Waals surface area contributed by atoms with Gasteiger partial charge in [0.2, 0.25) is 11.8 Å². The summed E-state index contributed by atoms with van der Waals surface area (Å²) in [4.78, 5) is 54.5. The molecule has 2 aromatic heterocycles. The Labute approximate surface area is 152 Å². The maximum absolute atomic E-state index is 12.4. The summed E-state index contributed by atoms with van der Waals surface area (Å²) in [6.45, 7) is -0.559. The number of esters is 1. The number of thiazole rings is 1. The fourth-order valence-electron chi connectivity index (χ4n) is 3.68. The summed E-state index contributed by atoms with van der Waals surface area (Å²) < 4.78 is 6.53. The van der Waals surface area contributed by atoms with Crippen LogP contribution in [-0.4, -0.2) is 38.6 Å². The molecule has 0 bridgehead atoms. The Morgan fingerprint density at radius 3 is 2.58 bits per heavy atom. The number of amides is 2. The quantitative estimate of drug-likeness (QED) is 0.583. The van der Waals surface area contributed by atoms with E-state index in [1.807, 2.05) is 0 Å². The number of imide groups is 1. The summed E-state index contributed by atoms with van der Waals surface area (Å²) in [5.74, 6) is -1.79. The van der Waals surface area contributed by atoms with Crippen LogP contribution in [0.4, 0.5) is 0 Å². The van der Waals surface area contributed by atoms with Crippen molar-refractivity contribution >= 4 is 34.1 Å². The van der Waals surface area contributed by atoms with Crippen LogP contribution in [0, 0.1) is 11.8 Å². The highest BCUT2D eigenvalue weighted by molar-refractivity contribution is 7.15. The first kappa shape index (κ1) is 16.9. The molecule has 2 aromatic rings. The Bertz CT molecular complexity index is 925. The summed E-state index contributed by atoms with van der Waals surface area (Å²) >= 11 is 1.30. The van der Waals surface area contributed by atoms with Gasteiger partial charge in [0.05, 0.1) is 17.5 Å². The largest absolute Gasteiger partial charge is 0.458 e. The molecule has 1 aliphatic heterocycles. The molecule has 9 heteroatoms. The molecule has 0 radical (unpaired) electrons. The minimum Gasteiger partial charge on any atom is -0.458 e. The Hall–Kier alpha value is -2.55.